The van der Waals surface area contributed by atoms with Crippen LogP contribution >= 0.6 is 11.3 Å². The van der Waals surface area contributed by atoms with Crippen LogP contribution in [-0.4, -0.2) is 40.7 Å². The lowest BCUT2D eigenvalue weighted by Gasteiger charge is -2.39. The molecule has 0 amide bonds. The van der Waals surface area contributed by atoms with Gasteiger partial charge in [0.05, 0.1) is 13.1 Å². The third-order valence-electron chi connectivity index (χ3n) is 3.03. The van der Waals surface area contributed by atoms with Gasteiger partial charge in [-0.3, -0.25) is 0 Å². The summed E-state index contributed by atoms with van der Waals surface area (Å²) >= 11 is 1.45. The third-order valence-corrected chi connectivity index (χ3v) is 3.68. The Hall–Kier alpha value is -1.83. The van der Waals surface area contributed by atoms with Gasteiger partial charge in [-0.25, -0.2) is 13.8 Å². The van der Waals surface area contributed by atoms with Crippen LogP contribution in [0.1, 0.15) is 5.56 Å². The summed E-state index contributed by atoms with van der Waals surface area (Å²) in [6.07, 6.45) is 2.52. The van der Waals surface area contributed by atoms with Crippen molar-refractivity contribution in [3.63, 3.8) is 0 Å². The van der Waals surface area contributed by atoms with Gasteiger partial charge in [0.1, 0.15) is 11.3 Å². The number of aromatic nitrogens is 3. The summed E-state index contributed by atoms with van der Waals surface area (Å²) in [6.45, 7) is 0.258. The highest BCUT2D eigenvalue weighted by atomic mass is 32.1. The normalized spacial score (nSPS) is 16.8. The Balaban J connectivity index is 1.49. The Kier molecular flexibility index (Phi) is 3.47. The van der Waals surface area contributed by atoms with Crippen molar-refractivity contribution in [2.75, 3.05) is 29.9 Å². The Morgan fingerprint density at radius 2 is 2.20 bits per heavy atom. The molecule has 2 aromatic rings. The molecule has 106 valence electrons. The van der Waals surface area contributed by atoms with Crippen LogP contribution in [0.2, 0.25) is 0 Å². The number of halogens is 2. The predicted octanol–water partition coefficient (Wildman–Crippen LogP) is 2.04. The van der Waals surface area contributed by atoms with E-state index < -0.39 is 5.92 Å². The Morgan fingerprint density at radius 3 is 2.80 bits per heavy atom. The molecule has 0 aromatic carbocycles. The summed E-state index contributed by atoms with van der Waals surface area (Å²) in [4.78, 5) is 5.79. The van der Waals surface area contributed by atoms with Gasteiger partial charge in [-0.05, 0) is 18.1 Å². The summed E-state index contributed by atoms with van der Waals surface area (Å²) in [5.41, 5.74) is 2.72. The molecule has 0 aliphatic carbocycles. The molecule has 1 N–H and O–H groups in total. The van der Waals surface area contributed by atoms with Crippen molar-refractivity contribution in [3.8, 4) is 0 Å². The minimum absolute atomic E-state index is 0.238. The maximum absolute atomic E-state index is 12.8. The second kappa shape index (κ2) is 5.28. The van der Waals surface area contributed by atoms with Gasteiger partial charge in [0.15, 0.2) is 0 Å². The lowest BCUT2D eigenvalue weighted by molar-refractivity contribution is -0.0267. The maximum Gasteiger partial charge on any atom is 0.282 e. The van der Waals surface area contributed by atoms with E-state index in [9.17, 15) is 8.78 Å². The van der Waals surface area contributed by atoms with Crippen molar-refractivity contribution in [1.29, 1.82) is 0 Å². The SMILES string of the molecule is FC1(F)CN(c2ccc(CCNc3nncs3)cn2)C1. The molecule has 0 saturated carbocycles. The summed E-state index contributed by atoms with van der Waals surface area (Å²) < 4.78 is 25.5. The standard InChI is InChI=1S/C12H13F2N5S/c13-12(14)6-19(7-12)10-2-1-9(5-16-10)3-4-15-11-18-17-8-20-11/h1-2,5,8H,3-4,6-7H2,(H,15,18). The minimum atomic E-state index is -2.56. The van der Waals surface area contributed by atoms with E-state index in [-0.39, 0.29) is 13.1 Å². The molecular weight excluding hydrogens is 284 g/mol. The fraction of sp³-hybridized carbons (Fsp3) is 0.417. The number of pyridine rings is 1. The minimum Gasteiger partial charge on any atom is -0.360 e. The lowest BCUT2D eigenvalue weighted by Crippen LogP contribution is -2.56. The van der Waals surface area contributed by atoms with Gasteiger partial charge >= 0.3 is 0 Å². The molecule has 0 radical (unpaired) electrons. The van der Waals surface area contributed by atoms with Gasteiger partial charge in [-0.1, -0.05) is 17.4 Å². The van der Waals surface area contributed by atoms with E-state index in [0.717, 1.165) is 23.7 Å². The highest BCUT2D eigenvalue weighted by molar-refractivity contribution is 7.13. The summed E-state index contributed by atoms with van der Waals surface area (Å²) in [5, 5.41) is 11.6. The molecule has 8 heteroatoms. The monoisotopic (exact) mass is 297 g/mol. The molecule has 3 rings (SSSR count). The van der Waals surface area contributed by atoms with E-state index in [0.29, 0.717) is 5.82 Å². The molecule has 0 atom stereocenters. The molecule has 1 aliphatic heterocycles. The smallest absolute Gasteiger partial charge is 0.282 e. The number of nitrogens with one attached hydrogen (secondary N) is 1. The van der Waals surface area contributed by atoms with Crippen molar-refractivity contribution < 1.29 is 8.78 Å². The van der Waals surface area contributed by atoms with Crippen LogP contribution in [0.15, 0.2) is 23.8 Å². The molecule has 0 spiro atoms. The molecule has 3 heterocycles. The average Bonchev–Trinajstić information content (AvgIpc) is 2.90. The molecule has 1 aliphatic rings. The Morgan fingerprint density at radius 1 is 1.35 bits per heavy atom. The number of anilines is 2. The molecule has 2 aromatic heterocycles. The number of rotatable bonds is 5. The van der Waals surface area contributed by atoms with E-state index in [2.05, 4.69) is 20.5 Å². The maximum atomic E-state index is 12.8. The number of alkyl halides is 2. The van der Waals surface area contributed by atoms with Gasteiger partial charge in [-0.2, -0.15) is 0 Å². The Labute approximate surface area is 118 Å². The van der Waals surface area contributed by atoms with Crippen molar-refractivity contribution in [2.24, 2.45) is 0 Å². The fourth-order valence-corrected chi connectivity index (χ4v) is 2.46. The van der Waals surface area contributed by atoms with Crippen LogP contribution in [-0.2, 0) is 6.42 Å². The van der Waals surface area contributed by atoms with Crippen LogP contribution < -0.4 is 10.2 Å². The molecular formula is C12H13F2N5S. The number of hydrogen-bond acceptors (Lipinski definition) is 6. The zero-order valence-corrected chi connectivity index (χ0v) is 11.4. The van der Waals surface area contributed by atoms with Crippen LogP contribution in [0, 0.1) is 0 Å². The zero-order chi connectivity index (χ0) is 14.0. The first kappa shape index (κ1) is 13.2. The van der Waals surface area contributed by atoms with Crippen LogP contribution in [0.3, 0.4) is 0 Å². The van der Waals surface area contributed by atoms with Gasteiger partial charge in [0.2, 0.25) is 5.13 Å². The molecule has 5 nitrogen and oxygen atoms in total. The molecule has 0 unspecified atom stereocenters. The van der Waals surface area contributed by atoms with Crippen LogP contribution in [0.5, 0.6) is 0 Å². The first-order valence-electron chi connectivity index (χ1n) is 6.20. The summed E-state index contributed by atoms with van der Waals surface area (Å²) in [5.74, 6) is -1.96. The molecule has 0 bridgehead atoms. The fourth-order valence-electron chi connectivity index (χ4n) is 1.99. The van der Waals surface area contributed by atoms with Gasteiger partial charge in [0, 0.05) is 12.7 Å². The summed E-state index contributed by atoms with van der Waals surface area (Å²) in [7, 11) is 0. The molecule has 1 saturated heterocycles. The molecule has 1 fully saturated rings. The van der Waals surface area contributed by atoms with Crippen molar-refractivity contribution in [1.82, 2.24) is 15.2 Å². The second-order valence-corrected chi connectivity index (χ2v) is 5.49. The summed E-state index contributed by atoms with van der Waals surface area (Å²) in [6, 6.07) is 3.70. The highest BCUT2D eigenvalue weighted by Crippen LogP contribution is 2.30. The van der Waals surface area contributed by atoms with E-state index in [1.807, 2.05) is 6.07 Å². The van der Waals surface area contributed by atoms with Gasteiger partial charge in [0.25, 0.3) is 5.92 Å². The first-order valence-corrected chi connectivity index (χ1v) is 7.08. The van der Waals surface area contributed by atoms with Crippen molar-refractivity contribution in [2.45, 2.75) is 12.3 Å². The second-order valence-electron chi connectivity index (χ2n) is 4.66. The predicted molar refractivity (Wildman–Crippen MR) is 73.5 cm³/mol. The van der Waals surface area contributed by atoms with Crippen molar-refractivity contribution >= 4 is 22.3 Å². The lowest BCUT2D eigenvalue weighted by atomic mass is 10.1. The van der Waals surface area contributed by atoms with E-state index in [1.165, 1.54) is 11.3 Å². The van der Waals surface area contributed by atoms with Gasteiger partial charge < -0.3 is 10.2 Å². The largest absolute Gasteiger partial charge is 0.360 e. The van der Waals surface area contributed by atoms with E-state index >= 15 is 0 Å². The van der Waals surface area contributed by atoms with Crippen molar-refractivity contribution in [3.05, 3.63) is 29.4 Å². The third kappa shape index (κ3) is 3.01. The van der Waals surface area contributed by atoms with Crippen LogP contribution in [0.4, 0.5) is 19.7 Å². The van der Waals surface area contributed by atoms with Gasteiger partial charge in [-0.15, -0.1) is 10.2 Å². The topological polar surface area (TPSA) is 53.9 Å². The quantitative estimate of drug-likeness (QED) is 0.915. The van der Waals surface area contributed by atoms with E-state index in [4.69, 9.17) is 0 Å². The van der Waals surface area contributed by atoms with Crippen LogP contribution in [0.25, 0.3) is 0 Å². The Bertz CT molecular complexity index is 550. The highest BCUT2D eigenvalue weighted by Gasteiger charge is 2.44. The molecule has 20 heavy (non-hydrogen) atoms. The van der Waals surface area contributed by atoms with E-state index in [1.54, 1.807) is 22.7 Å². The number of nitrogens with zero attached hydrogens (tertiary/aromatic N) is 4. The average molecular weight is 297 g/mol. The number of hydrogen-bond donors (Lipinski definition) is 1. The first-order chi connectivity index (χ1) is 9.62. The zero-order valence-electron chi connectivity index (χ0n) is 10.6.